The van der Waals surface area contributed by atoms with Crippen LogP contribution in [-0.2, 0) is 4.74 Å². The fourth-order valence-corrected chi connectivity index (χ4v) is 4.58. The van der Waals surface area contributed by atoms with E-state index in [-0.39, 0.29) is 12.0 Å². The number of rotatable bonds is 7. The highest BCUT2D eigenvalue weighted by Crippen LogP contribution is 2.50. The molecule has 0 fully saturated rings. The van der Waals surface area contributed by atoms with Gasteiger partial charge in [0.05, 0.1) is 18.7 Å². The Hall–Kier alpha value is -2.55. The molecule has 0 radical (unpaired) electrons. The summed E-state index contributed by atoms with van der Waals surface area (Å²) in [6.07, 6.45) is 5.58. The van der Waals surface area contributed by atoms with Gasteiger partial charge in [-0.3, -0.25) is 0 Å². The number of anilines is 1. The molecule has 1 heterocycles. The molecule has 3 unspecified atom stereocenters. The van der Waals surface area contributed by atoms with Crippen LogP contribution in [0, 0.1) is 5.92 Å². The lowest BCUT2D eigenvalue weighted by molar-refractivity contribution is 0.0600. The number of benzene rings is 2. The van der Waals surface area contributed by atoms with Crippen LogP contribution in [0.5, 0.6) is 0 Å². The second kappa shape index (κ2) is 9.09. The van der Waals surface area contributed by atoms with E-state index in [0.29, 0.717) is 17.4 Å². The lowest BCUT2D eigenvalue weighted by Gasteiger charge is -2.47. The number of unbranched alkanes of at least 4 members (excludes halogenated alkanes) is 1. The normalized spacial score (nSPS) is 21.1. The van der Waals surface area contributed by atoms with E-state index in [0.717, 1.165) is 6.54 Å². The summed E-state index contributed by atoms with van der Waals surface area (Å²) in [5.74, 6) is 0.701. The molecule has 28 heavy (non-hydrogen) atoms. The molecular formula is C25H31NO2. The van der Waals surface area contributed by atoms with E-state index in [2.05, 4.69) is 61.7 Å². The first-order valence-electron chi connectivity index (χ1n) is 10.3. The van der Waals surface area contributed by atoms with E-state index < -0.39 is 0 Å². The van der Waals surface area contributed by atoms with Gasteiger partial charge in [-0.15, -0.1) is 6.58 Å². The third kappa shape index (κ3) is 3.84. The van der Waals surface area contributed by atoms with Gasteiger partial charge >= 0.3 is 5.97 Å². The maximum atomic E-state index is 11.8. The van der Waals surface area contributed by atoms with Crippen LogP contribution in [0.15, 0.2) is 61.2 Å². The lowest BCUT2D eigenvalue weighted by atomic mass is 9.72. The number of methoxy groups -OCH3 is 1. The second-order valence-electron chi connectivity index (χ2n) is 7.65. The molecule has 0 N–H and O–H groups in total. The summed E-state index contributed by atoms with van der Waals surface area (Å²) in [6, 6.07) is 17.0. The predicted octanol–water partition coefficient (Wildman–Crippen LogP) is 6.13. The van der Waals surface area contributed by atoms with Crippen molar-refractivity contribution in [3.8, 4) is 0 Å². The van der Waals surface area contributed by atoms with Crippen molar-refractivity contribution in [2.75, 3.05) is 18.6 Å². The first kappa shape index (κ1) is 20.2. The number of fused-ring (bicyclic) bond motifs is 1. The number of esters is 1. The Labute approximate surface area is 169 Å². The molecule has 3 heteroatoms. The maximum Gasteiger partial charge on any atom is 0.337 e. The van der Waals surface area contributed by atoms with E-state index in [1.165, 1.54) is 43.2 Å². The van der Waals surface area contributed by atoms with E-state index in [1.807, 2.05) is 18.2 Å². The van der Waals surface area contributed by atoms with Gasteiger partial charge in [-0.05, 0) is 47.6 Å². The van der Waals surface area contributed by atoms with Gasteiger partial charge in [0.1, 0.15) is 0 Å². The van der Waals surface area contributed by atoms with Crippen molar-refractivity contribution >= 4 is 11.7 Å². The molecule has 0 aromatic heterocycles. The predicted molar refractivity (Wildman–Crippen MR) is 116 cm³/mol. The number of nitrogens with zero attached hydrogens (tertiary/aromatic N) is 1. The lowest BCUT2D eigenvalue weighted by Crippen LogP contribution is -2.40. The van der Waals surface area contributed by atoms with Crippen LogP contribution in [0.3, 0.4) is 0 Å². The number of carbonyl (C=O) groups is 1. The molecule has 3 nitrogen and oxygen atoms in total. The molecule has 0 aliphatic carbocycles. The van der Waals surface area contributed by atoms with Gasteiger partial charge in [-0.25, -0.2) is 4.79 Å². The van der Waals surface area contributed by atoms with Crippen LogP contribution in [-0.4, -0.2) is 19.6 Å². The molecule has 0 saturated carbocycles. The third-order valence-corrected chi connectivity index (χ3v) is 6.01. The molecule has 1 aliphatic heterocycles. The molecule has 0 saturated heterocycles. The fraction of sp³-hybridized carbons (Fsp3) is 0.400. The van der Waals surface area contributed by atoms with Gasteiger partial charge in [0, 0.05) is 12.2 Å². The van der Waals surface area contributed by atoms with E-state index in [4.69, 9.17) is 4.74 Å². The fourth-order valence-electron chi connectivity index (χ4n) is 4.58. The monoisotopic (exact) mass is 377 g/mol. The zero-order chi connectivity index (χ0) is 20.1. The highest BCUT2D eigenvalue weighted by atomic mass is 16.5. The average molecular weight is 378 g/mol. The number of carbonyl (C=O) groups excluding carboxylic acids is 1. The second-order valence-corrected chi connectivity index (χ2v) is 7.65. The number of hydrogen-bond donors (Lipinski definition) is 0. The Bertz CT molecular complexity index is 812. The number of para-hydroxylation sites is 1. The summed E-state index contributed by atoms with van der Waals surface area (Å²) >= 11 is 0. The van der Waals surface area contributed by atoms with Gasteiger partial charge in [-0.1, -0.05) is 63.1 Å². The Morgan fingerprint density at radius 2 is 1.89 bits per heavy atom. The van der Waals surface area contributed by atoms with Crippen molar-refractivity contribution in [2.24, 2.45) is 5.92 Å². The van der Waals surface area contributed by atoms with Crippen LogP contribution >= 0.6 is 0 Å². The van der Waals surface area contributed by atoms with Crippen LogP contribution in [0.2, 0.25) is 0 Å². The van der Waals surface area contributed by atoms with E-state index in [9.17, 15) is 4.79 Å². The van der Waals surface area contributed by atoms with Crippen molar-refractivity contribution in [3.05, 3.63) is 77.9 Å². The minimum Gasteiger partial charge on any atom is -0.465 e. The first-order chi connectivity index (χ1) is 13.6. The van der Waals surface area contributed by atoms with E-state index >= 15 is 0 Å². The van der Waals surface area contributed by atoms with Gasteiger partial charge in [0.2, 0.25) is 0 Å². The van der Waals surface area contributed by atoms with Gasteiger partial charge < -0.3 is 9.64 Å². The van der Waals surface area contributed by atoms with Crippen molar-refractivity contribution in [3.63, 3.8) is 0 Å². The molecule has 3 atom stereocenters. The van der Waals surface area contributed by atoms with Crippen LogP contribution in [0.25, 0.3) is 0 Å². The SMILES string of the molecule is C=CCN1c2ccccc2C(C)C(CCCC)C1c1ccc(C(=O)OC)cc1. The molecule has 0 bridgehead atoms. The molecule has 0 spiro atoms. The van der Waals surface area contributed by atoms with Crippen molar-refractivity contribution in [1.82, 2.24) is 0 Å². The Kier molecular flexibility index (Phi) is 6.56. The Balaban J connectivity index is 2.07. The van der Waals surface area contributed by atoms with Crippen molar-refractivity contribution in [1.29, 1.82) is 0 Å². The summed E-state index contributed by atoms with van der Waals surface area (Å²) in [7, 11) is 1.42. The van der Waals surface area contributed by atoms with Gasteiger partial charge in [-0.2, -0.15) is 0 Å². The summed E-state index contributed by atoms with van der Waals surface area (Å²) in [5.41, 5.74) is 4.56. The standard InChI is InChI=1S/C25H31NO2/c1-5-7-10-22-18(3)21-11-8-9-12-23(21)26(17-6-2)24(22)19-13-15-20(16-14-19)25(27)28-4/h6,8-9,11-16,18,22,24H,2,5,7,10,17H2,1,3-4H3. The highest BCUT2D eigenvalue weighted by molar-refractivity contribution is 5.89. The maximum absolute atomic E-state index is 11.8. The summed E-state index contributed by atoms with van der Waals surface area (Å²) in [5, 5.41) is 0. The quantitative estimate of drug-likeness (QED) is 0.429. The van der Waals surface area contributed by atoms with Crippen LogP contribution < -0.4 is 4.90 Å². The average Bonchev–Trinajstić information content (AvgIpc) is 2.74. The highest BCUT2D eigenvalue weighted by Gasteiger charge is 2.38. The topological polar surface area (TPSA) is 29.5 Å². The summed E-state index contributed by atoms with van der Waals surface area (Å²) in [4.78, 5) is 14.3. The van der Waals surface area contributed by atoms with Crippen molar-refractivity contribution in [2.45, 2.75) is 45.1 Å². The van der Waals surface area contributed by atoms with E-state index in [1.54, 1.807) is 0 Å². The first-order valence-corrected chi connectivity index (χ1v) is 10.3. The zero-order valence-corrected chi connectivity index (χ0v) is 17.2. The summed E-state index contributed by atoms with van der Waals surface area (Å²) in [6.45, 7) is 9.42. The Morgan fingerprint density at radius 3 is 2.54 bits per heavy atom. The molecule has 1 aliphatic rings. The summed E-state index contributed by atoms with van der Waals surface area (Å²) < 4.78 is 4.86. The molecule has 2 aromatic carbocycles. The molecule has 2 aromatic rings. The smallest absolute Gasteiger partial charge is 0.337 e. The Morgan fingerprint density at radius 1 is 1.18 bits per heavy atom. The zero-order valence-electron chi connectivity index (χ0n) is 17.2. The molecule has 148 valence electrons. The minimum atomic E-state index is -0.292. The molecule has 3 rings (SSSR count). The van der Waals surface area contributed by atoms with Crippen LogP contribution in [0.4, 0.5) is 5.69 Å². The van der Waals surface area contributed by atoms with Gasteiger partial charge in [0.15, 0.2) is 0 Å². The third-order valence-electron chi connectivity index (χ3n) is 6.01. The number of ether oxygens (including phenoxy) is 1. The van der Waals surface area contributed by atoms with Crippen LogP contribution in [0.1, 0.15) is 66.6 Å². The van der Waals surface area contributed by atoms with Crippen molar-refractivity contribution < 1.29 is 9.53 Å². The van der Waals surface area contributed by atoms with Gasteiger partial charge in [0.25, 0.3) is 0 Å². The minimum absolute atomic E-state index is 0.265. The molecule has 0 amide bonds. The largest absolute Gasteiger partial charge is 0.465 e. The molecular weight excluding hydrogens is 346 g/mol. The number of hydrogen-bond acceptors (Lipinski definition) is 3.